The van der Waals surface area contributed by atoms with Crippen LogP contribution in [0.1, 0.15) is 21.5 Å². The second-order valence-corrected chi connectivity index (χ2v) is 10.2. The maximum atomic E-state index is 13.9. The molecule has 0 fully saturated rings. The number of carbonyl (C=O) groups excluding carboxylic acids is 1. The van der Waals surface area contributed by atoms with Crippen LogP contribution in [0, 0.1) is 0 Å². The number of phenols is 1. The van der Waals surface area contributed by atoms with E-state index in [9.17, 15) is 9.90 Å². The van der Waals surface area contributed by atoms with Crippen molar-refractivity contribution in [2.45, 2.75) is 13.0 Å². The summed E-state index contributed by atoms with van der Waals surface area (Å²) in [7, 11) is 0. The summed E-state index contributed by atoms with van der Waals surface area (Å²) in [5.41, 5.74) is 6.47. The minimum Gasteiger partial charge on any atom is -0.507 e. The van der Waals surface area contributed by atoms with Crippen LogP contribution < -0.4 is 0 Å². The Labute approximate surface area is 234 Å². The normalized spacial score (nSPS) is 11.1. The van der Waals surface area contributed by atoms with Crippen molar-refractivity contribution in [3.05, 3.63) is 136 Å². The van der Waals surface area contributed by atoms with Crippen molar-refractivity contribution >= 4 is 32.7 Å². The number of rotatable bonds is 7. The largest absolute Gasteiger partial charge is 0.507 e. The van der Waals surface area contributed by atoms with Gasteiger partial charge in [-0.3, -0.25) is 4.79 Å². The second-order valence-electron chi connectivity index (χ2n) is 9.28. The molecule has 6 heteroatoms. The number of aromatic nitrogens is 3. The maximum absolute atomic E-state index is 13.9. The lowest BCUT2D eigenvalue weighted by molar-refractivity contribution is 0.103. The monoisotopic (exact) mass is 573 g/mol. The number of halogens is 1. The molecule has 1 heterocycles. The van der Waals surface area contributed by atoms with E-state index in [0.29, 0.717) is 29.7 Å². The van der Waals surface area contributed by atoms with Crippen molar-refractivity contribution in [3.8, 4) is 28.0 Å². The molecule has 0 unspecified atom stereocenters. The Hall–Kier alpha value is -4.55. The van der Waals surface area contributed by atoms with Crippen molar-refractivity contribution < 1.29 is 9.90 Å². The Bertz CT molecular complexity index is 1750. The fraction of sp³-hybridized carbons (Fsp3) is 0.0606. The molecule has 1 N–H and O–H groups in total. The van der Waals surface area contributed by atoms with Gasteiger partial charge in [-0.2, -0.15) is 15.0 Å². The van der Waals surface area contributed by atoms with Crippen molar-refractivity contribution in [1.29, 1.82) is 0 Å². The average molecular weight is 574 g/mol. The second kappa shape index (κ2) is 10.7. The van der Waals surface area contributed by atoms with E-state index in [2.05, 4.69) is 26.1 Å². The lowest BCUT2D eigenvalue weighted by Gasteiger charge is -2.19. The third kappa shape index (κ3) is 4.99. The van der Waals surface area contributed by atoms with Crippen LogP contribution in [0.15, 0.2) is 120 Å². The number of ketones is 1. The molecular weight excluding hydrogens is 550 g/mol. The SMILES string of the molecule is O=C(c1ccccc1)c1c(-c2ccc(Br)cc2)cc(-c2ccccc2)c(CCn2nc3ccccc3n2)c1O. The van der Waals surface area contributed by atoms with Gasteiger partial charge in [0, 0.05) is 15.6 Å². The summed E-state index contributed by atoms with van der Waals surface area (Å²) in [4.78, 5) is 15.6. The number of nitrogens with zero attached hydrogens (tertiary/aromatic N) is 3. The van der Waals surface area contributed by atoms with Gasteiger partial charge in [-0.1, -0.05) is 101 Å². The lowest BCUT2D eigenvalue weighted by atomic mass is 9.85. The number of aryl methyl sites for hydroxylation is 1. The highest BCUT2D eigenvalue weighted by atomic mass is 79.9. The molecule has 5 aromatic carbocycles. The highest BCUT2D eigenvalue weighted by Gasteiger charge is 2.25. The van der Waals surface area contributed by atoms with Crippen LogP contribution in [-0.2, 0) is 13.0 Å². The lowest BCUT2D eigenvalue weighted by Crippen LogP contribution is -2.10. The highest BCUT2D eigenvalue weighted by Crippen LogP contribution is 2.41. The zero-order valence-corrected chi connectivity index (χ0v) is 22.5. The first-order valence-corrected chi connectivity index (χ1v) is 13.5. The van der Waals surface area contributed by atoms with Crippen LogP contribution in [0.3, 0.4) is 0 Å². The molecule has 0 radical (unpaired) electrons. The molecule has 0 saturated carbocycles. The molecular formula is C33H24BrN3O2. The third-order valence-corrected chi connectivity index (χ3v) is 7.33. The molecule has 0 aliphatic rings. The minimum absolute atomic E-state index is 0.0140. The van der Waals surface area contributed by atoms with Gasteiger partial charge in [0.2, 0.25) is 0 Å². The summed E-state index contributed by atoms with van der Waals surface area (Å²) < 4.78 is 0.936. The number of hydrogen-bond acceptors (Lipinski definition) is 4. The molecule has 5 nitrogen and oxygen atoms in total. The molecule has 0 aliphatic heterocycles. The van der Waals surface area contributed by atoms with E-state index in [1.54, 1.807) is 16.9 Å². The first kappa shape index (κ1) is 24.8. The van der Waals surface area contributed by atoms with E-state index in [-0.39, 0.29) is 17.1 Å². The topological polar surface area (TPSA) is 68.0 Å². The molecule has 190 valence electrons. The molecule has 0 aliphatic carbocycles. The number of aromatic hydroxyl groups is 1. The van der Waals surface area contributed by atoms with Gasteiger partial charge in [0.15, 0.2) is 5.78 Å². The van der Waals surface area contributed by atoms with E-state index >= 15 is 0 Å². The Kier molecular flexibility index (Phi) is 6.78. The van der Waals surface area contributed by atoms with Crippen LogP contribution in [-0.4, -0.2) is 25.9 Å². The summed E-state index contributed by atoms with van der Waals surface area (Å²) in [6.45, 7) is 0.443. The van der Waals surface area contributed by atoms with Crippen LogP contribution >= 0.6 is 15.9 Å². The summed E-state index contributed by atoms with van der Waals surface area (Å²) in [6.07, 6.45) is 0.437. The molecule has 0 spiro atoms. The average Bonchev–Trinajstić information content (AvgIpc) is 3.40. The van der Waals surface area contributed by atoms with E-state index < -0.39 is 0 Å². The molecule has 0 bridgehead atoms. The molecule has 39 heavy (non-hydrogen) atoms. The Morgan fingerprint density at radius 2 is 1.28 bits per heavy atom. The first-order valence-electron chi connectivity index (χ1n) is 12.7. The van der Waals surface area contributed by atoms with E-state index in [4.69, 9.17) is 0 Å². The number of fused-ring (bicyclic) bond motifs is 1. The van der Waals surface area contributed by atoms with Crippen LogP contribution in [0.5, 0.6) is 5.75 Å². The molecule has 0 amide bonds. The number of phenolic OH excluding ortho intramolecular Hbond substituents is 1. The summed E-state index contributed by atoms with van der Waals surface area (Å²) in [6, 6.07) is 36.5. The van der Waals surface area contributed by atoms with Gasteiger partial charge in [0.25, 0.3) is 0 Å². The molecule has 6 rings (SSSR count). The summed E-state index contributed by atoms with van der Waals surface area (Å²) in [5, 5.41) is 21.1. The summed E-state index contributed by atoms with van der Waals surface area (Å²) in [5.74, 6) is -0.241. The van der Waals surface area contributed by atoms with Gasteiger partial charge in [0.1, 0.15) is 16.8 Å². The van der Waals surface area contributed by atoms with Gasteiger partial charge in [-0.05, 0) is 59.0 Å². The Morgan fingerprint density at radius 3 is 1.92 bits per heavy atom. The predicted octanol–water partition coefficient (Wildman–Crippen LogP) is 7.71. The van der Waals surface area contributed by atoms with Crippen molar-refractivity contribution in [2.75, 3.05) is 0 Å². The highest BCUT2D eigenvalue weighted by molar-refractivity contribution is 9.10. The third-order valence-electron chi connectivity index (χ3n) is 6.80. The van der Waals surface area contributed by atoms with Gasteiger partial charge in [-0.15, -0.1) is 0 Å². The van der Waals surface area contributed by atoms with Crippen molar-refractivity contribution in [2.24, 2.45) is 0 Å². The van der Waals surface area contributed by atoms with Gasteiger partial charge in [0.05, 0.1) is 12.1 Å². The number of hydrogen-bond donors (Lipinski definition) is 1. The zero-order chi connectivity index (χ0) is 26.8. The fourth-order valence-corrected chi connectivity index (χ4v) is 5.14. The molecule has 1 aromatic heterocycles. The molecule has 0 atom stereocenters. The summed E-state index contributed by atoms with van der Waals surface area (Å²) >= 11 is 3.50. The van der Waals surface area contributed by atoms with Gasteiger partial charge >= 0.3 is 0 Å². The van der Waals surface area contributed by atoms with Crippen molar-refractivity contribution in [1.82, 2.24) is 15.0 Å². The van der Waals surface area contributed by atoms with Crippen LogP contribution in [0.25, 0.3) is 33.3 Å². The van der Waals surface area contributed by atoms with Gasteiger partial charge in [-0.25, -0.2) is 0 Å². The van der Waals surface area contributed by atoms with E-state index in [1.165, 1.54) is 0 Å². The first-order chi connectivity index (χ1) is 19.1. The van der Waals surface area contributed by atoms with Crippen molar-refractivity contribution in [3.63, 3.8) is 0 Å². The minimum atomic E-state index is -0.227. The Balaban J connectivity index is 1.54. The van der Waals surface area contributed by atoms with E-state index in [1.807, 2.05) is 103 Å². The van der Waals surface area contributed by atoms with Gasteiger partial charge < -0.3 is 5.11 Å². The van der Waals surface area contributed by atoms with E-state index in [0.717, 1.165) is 32.2 Å². The Morgan fingerprint density at radius 1 is 0.718 bits per heavy atom. The smallest absolute Gasteiger partial charge is 0.197 e. The van der Waals surface area contributed by atoms with Crippen LogP contribution in [0.2, 0.25) is 0 Å². The quantitative estimate of drug-likeness (QED) is 0.198. The fourth-order valence-electron chi connectivity index (χ4n) is 4.87. The number of benzene rings is 5. The zero-order valence-electron chi connectivity index (χ0n) is 21.0. The predicted molar refractivity (Wildman–Crippen MR) is 158 cm³/mol. The standard InChI is InChI=1S/C33H24BrN3O2/c34-25-17-15-23(16-18-25)28-21-27(22-9-3-1-4-10-22)26(19-20-37-35-29-13-7-8-14-30(29)36-37)33(39)31(28)32(38)24-11-5-2-6-12-24/h1-18,21,39H,19-20H2. The van der Waals surface area contributed by atoms with Crippen LogP contribution in [0.4, 0.5) is 0 Å². The maximum Gasteiger partial charge on any atom is 0.197 e. The molecule has 6 aromatic rings. The molecule has 0 saturated heterocycles. The number of carbonyl (C=O) groups is 1.